The Morgan fingerprint density at radius 3 is 2.94 bits per heavy atom. The van der Waals surface area contributed by atoms with Crippen molar-refractivity contribution < 1.29 is 19.7 Å². The van der Waals surface area contributed by atoms with Crippen molar-refractivity contribution in [2.75, 3.05) is 19.0 Å². The fourth-order valence-electron chi connectivity index (χ4n) is 1.24. The van der Waals surface area contributed by atoms with Crippen LogP contribution < -0.4 is 10.1 Å². The molecule has 0 aliphatic heterocycles. The van der Waals surface area contributed by atoms with E-state index >= 15 is 0 Å². The van der Waals surface area contributed by atoms with Gasteiger partial charge in [-0.15, -0.1) is 0 Å². The van der Waals surface area contributed by atoms with Crippen molar-refractivity contribution >= 4 is 11.7 Å². The van der Waals surface area contributed by atoms with Gasteiger partial charge in [-0.25, -0.2) is 0 Å². The quantitative estimate of drug-likeness (QED) is 0.671. The lowest BCUT2D eigenvalue weighted by Crippen LogP contribution is -2.22. The van der Waals surface area contributed by atoms with Gasteiger partial charge in [-0.2, -0.15) is 0 Å². The summed E-state index contributed by atoms with van der Waals surface area (Å²) in [6, 6.07) is 7.20. The van der Waals surface area contributed by atoms with E-state index in [1.54, 1.807) is 19.2 Å². The number of carbonyl (C=O) groups is 1. The summed E-state index contributed by atoms with van der Waals surface area (Å²) in [5.74, 6) is -0.308. The summed E-state index contributed by atoms with van der Waals surface area (Å²) in [6.07, 6.45) is -1.17. The third-order valence-corrected chi connectivity index (χ3v) is 2.02. The van der Waals surface area contributed by atoms with Crippen LogP contribution in [0.5, 0.6) is 5.75 Å². The molecule has 1 rings (SSSR count). The minimum atomic E-state index is -1.01. The highest BCUT2D eigenvalue weighted by Gasteiger charge is 2.08. The molecule has 0 saturated heterocycles. The molecule has 0 radical (unpaired) electrons. The van der Waals surface area contributed by atoms with Gasteiger partial charge in [-0.3, -0.25) is 4.79 Å². The van der Waals surface area contributed by atoms with Crippen molar-refractivity contribution in [1.82, 2.24) is 0 Å². The number of rotatable bonds is 6. The monoisotopic (exact) mass is 225 g/mol. The molecular formula is C11H15NO4. The van der Waals surface area contributed by atoms with E-state index in [1.165, 1.54) is 0 Å². The third-order valence-electron chi connectivity index (χ3n) is 2.02. The molecule has 0 amide bonds. The second-order valence-corrected chi connectivity index (χ2v) is 3.36. The predicted molar refractivity (Wildman–Crippen MR) is 59.7 cm³/mol. The number of methoxy groups -OCH3 is 1. The van der Waals surface area contributed by atoms with Gasteiger partial charge in [0.2, 0.25) is 0 Å². The summed E-state index contributed by atoms with van der Waals surface area (Å²) >= 11 is 0. The highest BCUT2D eigenvalue weighted by molar-refractivity contribution is 5.67. The highest BCUT2D eigenvalue weighted by Crippen LogP contribution is 2.16. The summed E-state index contributed by atoms with van der Waals surface area (Å²) in [7, 11) is 1.57. The van der Waals surface area contributed by atoms with Crippen molar-refractivity contribution in [2.45, 2.75) is 12.5 Å². The predicted octanol–water partition coefficient (Wildman–Crippen LogP) is 0.943. The van der Waals surface area contributed by atoms with E-state index in [-0.39, 0.29) is 13.0 Å². The van der Waals surface area contributed by atoms with Crippen molar-refractivity contribution in [3.8, 4) is 5.75 Å². The van der Waals surface area contributed by atoms with Crippen LogP contribution in [0.2, 0.25) is 0 Å². The lowest BCUT2D eigenvalue weighted by Gasteiger charge is -2.11. The van der Waals surface area contributed by atoms with E-state index in [0.29, 0.717) is 5.75 Å². The van der Waals surface area contributed by atoms with Gasteiger partial charge in [-0.05, 0) is 12.1 Å². The Balaban J connectivity index is 2.44. The van der Waals surface area contributed by atoms with Crippen LogP contribution in [-0.4, -0.2) is 35.9 Å². The van der Waals surface area contributed by atoms with Crippen LogP contribution in [0.3, 0.4) is 0 Å². The zero-order valence-electron chi connectivity index (χ0n) is 9.01. The molecule has 88 valence electrons. The fraction of sp³-hybridized carbons (Fsp3) is 0.364. The number of aliphatic carboxylic acids is 1. The first-order chi connectivity index (χ1) is 7.61. The number of anilines is 1. The van der Waals surface area contributed by atoms with Crippen LogP contribution in [0, 0.1) is 0 Å². The molecule has 0 bridgehead atoms. The zero-order valence-corrected chi connectivity index (χ0v) is 9.01. The fourth-order valence-corrected chi connectivity index (χ4v) is 1.24. The van der Waals surface area contributed by atoms with Gasteiger partial charge >= 0.3 is 5.97 Å². The molecule has 0 spiro atoms. The molecule has 0 aliphatic carbocycles. The lowest BCUT2D eigenvalue weighted by atomic mass is 10.2. The first kappa shape index (κ1) is 12.3. The maximum absolute atomic E-state index is 10.3. The second-order valence-electron chi connectivity index (χ2n) is 3.36. The van der Waals surface area contributed by atoms with Gasteiger partial charge in [0.25, 0.3) is 0 Å². The van der Waals surface area contributed by atoms with Crippen molar-refractivity contribution in [3.63, 3.8) is 0 Å². The van der Waals surface area contributed by atoms with Gasteiger partial charge in [0, 0.05) is 18.3 Å². The van der Waals surface area contributed by atoms with Crippen molar-refractivity contribution in [1.29, 1.82) is 0 Å². The number of carboxylic acids is 1. The Kier molecular flexibility index (Phi) is 4.60. The van der Waals surface area contributed by atoms with E-state index in [1.807, 2.05) is 12.1 Å². The van der Waals surface area contributed by atoms with E-state index in [0.717, 1.165) is 5.69 Å². The summed E-state index contributed by atoms with van der Waals surface area (Å²) in [4.78, 5) is 10.3. The highest BCUT2D eigenvalue weighted by atomic mass is 16.5. The molecule has 0 aliphatic rings. The Hall–Kier alpha value is -1.75. The number of aliphatic hydroxyl groups is 1. The number of carboxylic acid groups (broad SMARTS) is 1. The molecule has 1 aromatic carbocycles. The molecule has 0 aromatic heterocycles. The van der Waals surface area contributed by atoms with E-state index in [4.69, 9.17) is 9.84 Å². The number of aliphatic hydroxyl groups excluding tert-OH is 1. The van der Waals surface area contributed by atoms with Gasteiger partial charge in [0.1, 0.15) is 5.75 Å². The molecule has 5 nitrogen and oxygen atoms in total. The second kappa shape index (κ2) is 5.97. The number of hydrogen-bond donors (Lipinski definition) is 3. The number of nitrogens with one attached hydrogen (secondary N) is 1. The Bertz CT molecular complexity index is 354. The van der Waals surface area contributed by atoms with Crippen LogP contribution in [0.25, 0.3) is 0 Å². The maximum Gasteiger partial charge on any atom is 0.306 e. The molecule has 0 heterocycles. The molecule has 1 aromatic rings. The minimum absolute atomic E-state index is 0.194. The van der Waals surface area contributed by atoms with E-state index < -0.39 is 12.1 Å². The molecule has 0 fully saturated rings. The van der Waals surface area contributed by atoms with Gasteiger partial charge in [-0.1, -0.05) is 6.07 Å². The number of hydrogen-bond acceptors (Lipinski definition) is 4. The van der Waals surface area contributed by atoms with Crippen LogP contribution in [0.15, 0.2) is 24.3 Å². The maximum atomic E-state index is 10.3. The van der Waals surface area contributed by atoms with Crippen LogP contribution in [0.4, 0.5) is 5.69 Å². The van der Waals surface area contributed by atoms with E-state index in [2.05, 4.69) is 5.32 Å². The van der Waals surface area contributed by atoms with Gasteiger partial charge in [0.15, 0.2) is 0 Å². The lowest BCUT2D eigenvalue weighted by molar-refractivity contribution is -0.138. The topological polar surface area (TPSA) is 78.8 Å². The summed E-state index contributed by atoms with van der Waals surface area (Å²) in [5, 5.41) is 20.7. The van der Waals surface area contributed by atoms with Crippen LogP contribution >= 0.6 is 0 Å². The smallest absolute Gasteiger partial charge is 0.306 e. The summed E-state index contributed by atoms with van der Waals surface area (Å²) in [5.41, 5.74) is 0.781. The molecule has 0 saturated carbocycles. The first-order valence-electron chi connectivity index (χ1n) is 4.89. The Morgan fingerprint density at radius 2 is 2.31 bits per heavy atom. The largest absolute Gasteiger partial charge is 0.497 e. The summed E-state index contributed by atoms with van der Waals surface area (Å²) in [6.45, 7) is 0.194. The molecule has 1 atom stereocenters. The minimum Gasteiger partial charge on any atom is -0.497 e. The van der Waals surface area contributed by atoms with Gasteiger partial charge in [0.05, 0.1) is 19.6 Å². The first-order valence-corrected chi connectivity index (χ1v) is 4.89. The summed E-state index contributed by atoms with van der Waals surface area (Å²) < 4.78 is 5.03. The third kappa shape index (κ3) is 4.18. The van der Waals surface area contributed by atoms with Gasteiger partial charge < -0.3 is 20.3 Å². The zero-order chi connectivity index (χ0) is 12.0. The molecular weight excluding hydrogens is 210 g/mol. The Morgan fingerprint density at radius 1 is 1.56 bits per heavy atom. The van der Waals surface area contributed by atoms with Crippen LogP contribution in [-0.2, 0) is 4.79 Å². The van der Waals surface area contributed by atoms with Crippen LogP contribution in [0.1, 0.15) is 6.42 Å². The molecule has 1 unspecified atom stereocenters. The molecule has 3 N–H and O–H groups in total. The molecule has 16 heavy (non-hydrogen) atoms. The van der Waals surface area contributed by atoms with E-state index in [9.17, 15) is 9.90 Å². The SMILES string of the molecule is COc1cccc(NCC(O)CC(=O)O)c1. The number of ether oxygens (including phenoxy) is 1. The average Bonchev–Trinajstić information content (AvgIpc) is 2.26. The standard InChI is InChI=1S/C11H15NO4/c1-16-10-4-2-3-8(5-10)12-7-9(13)6-11(14)15/h2-5,9,12-13H,6-7H2,1H3,(H,14,15). The van der Waals surface area contributed by atoms with Crippen molar-refractivity contribution in [2.24, 2.45) is 0 Å². The molecule has 5 heteroatoms. The number of benzene rings is 1. The normalized spacial score (nSPS) is 11.9. The van der Waals surface area contributed by atoms with Crippen molar-refractivity contribution in [3.05, 3.63) is 24.3 Å². The Labute approximate surface area is 93.7 Å². The average molecular weight is 225 g/mol.